The van der Waals surface area contributed by atoms with Crippen LogP contribution in [0.5, 0.6) is 0 Å². The molecule has 4 aromatic rings. The molecule has 2 aromatic heterocycles. The largest absolute Gasteiger partial charge is 0.323 e. The average Bonchev–Trinajstić information content (AvgIpc) is 3.09. The number of pyridine rings is 1. The number of carbonyl (C=O) groups is 1. The molecule has 2 amide bonds. The van der Waals surface area contributed by atoms with Crippen molar-refractivity contribution < 1.29 is 9.18 Å². The van der Waals surface area contributed by atoms with Gasteiger partial charge >= 0.3 is 6.03 Å². The van der Waals surface area contributed by atoms with Crippen molar-refractivity contribution in [3.8, 4) is 11.3 Å². The van der Waals surface area contributed by atoms with Crippen LogP contribution in [0.25, 0.3) is 16.9 Å². The summed E-state index contributed by atoms with van der Waals surface area (Å²) in [6, 6.07) is 17.3. The Morgan fingerprint density at radius 1 is 1.00 bits per heavy atom. The zero-order valence-corrected chi connectivity index (χ0v) is 14.6. The number of halogens is 1. The van der Waals surface area contributed by atoms with E-state index in [-0.39, 0.29) is 5.82 Å². The fraction of sp³-hybridized carbons (Fsp3) is 0.0476. The summed E-state index contributed by atoms with van der Waals surface area (Å²) >= 11 is 0. The lowest BCUT2D eigenvalue weighted by Crippen LogP contribution is -2.19. The highest BCUT2D eigenvalue weighted by molar-refractivity contribution is 6.00. The molecule has 0 aliphatic heterocycles. The molecule has 0 atom stereocenters. The molecular weight excluding hydrogens is 343 g/mol. The standard InChI is InChI=1S/C21H17FN4O/c1-14-8-9-17(12-18(14)22)24-21(27)23-16-6-4-5-15(11-16)19-13-26-10-3-2-7-20(26)25-19/h2-13H,1H3,(H2,23,24,27). The van der Waals surface area contributed by atoms with Gasteiger partial charge in [-0.3, -0.25) is 0 Å². The lowest BCUT2D eigenvalue weighted by atomic mass is 10.1. The summed E-state index contributed by atoms with van der Waals surface area (Å²) in [5.74, 6) is -0.360. The van der Waals surface area contributed by atoms with E-state index in [1.54, 1.807) is 25.1 Å². The van der Waals surface area contributed by atoms with E-state index in [2.05, 4.69) is 15.6 Å². The number of anilines is 2. The first-order valence-electron chi connectivity index (χ1n) is 8.47. The van der Waals surface area contributed by atoms with Gasteiger partial charge in [-0.2, -0.15) is 0 Å². The predicted octanol–water partition coefficient (Wildman–Crippen LogP) is 5.09. The Morgan fingerprint density at radius 2 is 1.81 bits per heavy atom. The van der Waals surface area contributed by atoms with Crippen LogP contribution in [0.4, 0.5) is 20.6 Å². The zero-order valence-electron chi connectivity index (χ0n) is 14.6. The molecular formula is C21H17FN4O. The number of nitrogens with one attached hydrogen (secondary N) is 2. The first kappa shape index (κ1) is 16.8. The Hall–Kier alpha value is -3.67. The Bertz CT molecular complexity index is 1100. The van der Waals surface area contributed by atoms with E-state index in [4.69, 9.17) is 0 Å². The van der Waals surface area contributed by atoms with Crippen LogP contribution in [0.1, 0.15) is 5.56 Å². The van der Waals surface area contributed by atoms with Crippen LogP contribution in [0, 0.1) is 12.7 Å². The smallest absolute Gasteiger partial charge is 0.308 e. The second-order valence-corrected chi connectivity index (χ2v) is 6.22. The van der Waals surface area contributed by atoms with Crippen molar-refractivity contribution >= 4 is 23.1 Å². The summed E-state index contributed by atoms with van der Waals surface area (Å²) < 4.78 is 15.5. The van der Waals surface area contributed by atoms with E-state index in [9.17, 15) is 9.18 Å². The maximum Gasteiger partial charge on any atom is 0.323 e. The molecule has 0 saturated heterocycles. The highest BCUT2D eigenvalue weighted by Gasteiger charge is 2.08. The molecule has 0 saturated carbocycles. The number of fused-ring (bicyclic) bond motifs is 1. The van der Waals surface area contributed by atoms with Crippen LogP contribution < -0.4 is 10.6 Å². The number of aromatic nitrogens is 2. The minimum atomic E-state index is -0.439. The molecule has 0 spiro atoms. The number of benzene rings is 2. The Balaban J connectivity index is 1.51. The van der Waals surface area contributed by atoms with Crippen LogP contribution in [0.3, 0.4) is 0 Å². The fourth-order valence-corrected chi connectivity index (χ4v) is 2.79. The van der Waals surface area contributed by atoms with E-state index >= 15 is 0 Å². The van der Waals surface area contributed by atoms with Crippen molar-refractivity contribution in [1.82, 2.24) is 9.38 Å². The second kappa shape index (κ2) is 6.92. The van der Waals surface area contributed by atoms with Crippen molar-refractivity contribution in [2.24, 2.45) is 0 Å². The topological polar surface area (TPSA) is 58.4 Å². The zero-order chi connectivity index (χ0) is 18.8. The van der Waals surface area contributed by atoms with Gasteiger partial charge in [-0.15, -0.1) is 0 Å². The summed E-state index contributed by atoms with van der Waals surface area (Å²) in [7, 11) is 0. The lowest BCUT2D eigenvalue weighted by Gasteiger charge is -2.09. The SMILES string of the molecule is Cc1ccc(NC(=O)Nc2cccc(-c3cn4ccccc4n3)c2)cc1F. The molecule has 2 heterocycles. The molecule has 5 nitrogen and oxygen atoms in total. The molecule has 27 heavy (non-hydrogen) atoms. The van der Waals surface area contributed by atoms with E-state index in [1.165, 1.54) is 6.07 Å². The molecule has 0 bridgehead atoms. The van der Waals surface area contributed by atoms with Gasteiger partial charge in [0.05, 0.1) is 5.69 Å². The molecule has 0 fully saturated rings. The number of hydrogen-bond acceptors (Lipinski definition) is 2. The summed E-state index contributed by atoms with van der Waals surface area (Å²) in [4.78, 5) is 16.8. The number of amides is 2. The second-order valence-electron chi connectivity index (χ2n) is 6.22. The molecule has 0 aliphatic carbocycles. The van der Waals surface area contributed by atoms with Crippen molar-refractivity contribution in [1.29, 1.82) is 0 Å². The Labute approximate surface area is 155 Å². The molecule has 2 aromatic carbocycles. The normalized spacial score (nSPS) is 10.7. The van der Waals surface area contributed by atoms with Gasteiger partial charge in [-0.1, -0.05) is 24.3 Å². The summed E-state index contributed by atoms with van der Waals surface area (Å²) in [5.41, 5.74) is 4.09. The van der Waals surface area contributed by atoms with Crippen LogP contribution >= 0.6 is 0 Å². The van der Waals surface area contributed by atoms with Gasteiger partial charge in [-0.05, 0) is 48.9 Å². The molecule has 0 unspecified atom stereocenters. The minimum Gasteiger partial charge on any atom is -0.308 e. The number of hydrogen-bond donors (Lipinski definition) is 2. The van der Waals surface area contributed by atoms with Gasteiger partial charge in [0.15, 0.2) is 0 Å². The molecule has 4 rings (SSSR count). The third-order valence-corrected chi connectivity index (χ3v) is 4.21. The van der Waals surface area contributed by atoms with Gasteiger partial charge in [0.1, 0.15) is 11.5 Å². The Morgan fingerprint density at radius 3 is 2.59 bits per heavy atom. The number of imidazole rings is 1. The van der Waals surface area contributed by atoms with E-state index in [0.29, 0.717) is 16.9 Å². The van der Waals surface area contributed by atoms with Crippen molar-refractivity contribution in [3.63, 3.8) is 0 Å². The first-order valence-corrected chi connectivity index (χ1v) is 8.47. The Kier molecular flexibility index (Phi) is 4.30. The van der Waals surface area contributed by atoms with Crippen LogP contribution in [0.2, 0.25) is 0 Å². The van der Waals surface area contributed by atoms with Gasteiger partial charge < -0.3 is 15.0 Å². The van der Waals surface area contributed by atoms with Crippen molar-refractivity contribution in [2.75, 3.05) is 10.6 Å². The summed E-state index contributed by atoms with van der Waals surface area (Å²) in [6.07, 6.45) is 3.87. The quantitative estimate of drug-likeness (QED) is 0.534. The van der Waals surface area contributed by atoms with Crippen molar-refractivity contribution in [3.05, 3.63) is 84.4 Å². The maximum atomic E-state index is 13.6. The van der Waals surface area contributed by atoms with Gasteiger partial charge in [0.2, 0.25) is 0 Å². The fourth-order valence-electron chi connectivity index (χ4n) is 2.79. The van der Waals surface area contributed by atoms with Crippen molar-refractivity contribution in [2.45, 2.75) is 6.92 Å². The molecule has 6 heteroatoms. The monoisotopic (exact) mass is 360 g/mol. The highest BCUT2D eigenvalue weighted by atomic mass is 19.1. The third-order valence-electron chi connectivity index (χ3n) is 4.21. The average molecular weight is 360 g/mol. The van der Waals surface area contributed by atoms with E-state index < -0.39 is 6.03 Å². The van der Waals surface area contributed by atoms with E-state index in [0.717, 1.165) is 16.9 Å². The molecule has 0 aliphatic rings. The molecule has 2 N–H and O–H groups in total. The number of rotatable bonds is 3. The maximum absolute atomic E-state index is 13.6. The van der Waals surface area contributed by atoms with Crippen LogP contribution in [-0.4, -0.2) is 15.4 Å². The predicted molar refractivity (Wildman–Crippen MR) is 104 cm³/mol. The summed E-state index contributed by atoms with van der Waals surface area (Å²) in [6.45, 7) is 1.67. The van der Waals surface area contributed by atoms with Gasteiger partial charge in [-0.25, -0.2) is 14.2 Å². The van der Waals surface area contributed by atoms with Gasteiger partial charge in [0.25, 0.3) is 0 Å². The summed E-state index contributed by atoms with van der Waals surface area (Å²) in [5, 5.41) is 5.39. The minimum absolute atomic E-state index is 0.360. The lowest BCUT2D eigenvalue weighted by molar-refractivity contribution is 0.262. The number of urea groups is 1. The number of carbonyl (C=O) groups excluding carboxylic acids is 1. The van der Waals surface area contributed by atoms with Crippen LogP contribution in [0.15, 0.2) is 73.1 Å². The molecule has 0 radical (unpaired) electrons. The first-order chi connectivity index (χ1) is 13.1. The number of aryl methyl sites for hydroxylation is 1. The van der Waals surface area contributed by atoms with Crippen LogP contribution in [-0.2, 0) is 0 Å². The van der Waals surface area contributed by atoms with Gasteiger partial charge in [0, 0.05) is 29.3 Å². The third kappa shape index (κ3) is 3.64. The number of nitrogens with zero attached hydrogens (tertiary/aromatic N) is 2. The molecule has 134 valence electrons. The highest BCUT2D eigenvalue weighted by Crippen LogP contribution is 2.23. The van der Waals surface area contributed by atoms with E-state index in [1.807, 2.05) is 53.2 Å².